The van der Waals surface area contributed by atoms with Gasteiger partial charge in [-0.3, -0.25) is 4.90 Å². The van der Waals surface area contributed by atoms with Crippen LogP contribution in [0.2, 0.25) is 10.0 Å². The van der Waals surface area contributed by atoms with E-state index >= 15 is 0 Å². The number of carbonyl (C=O) groups excluding carboxylic acids is 1. The molecule has 7 aromatic rings. The van der Waals surface area contributed by atoms with Gasteiger partial charge < -0.3 is 47.5 Å². The van der Waals surface area contributed by atoms with Gasteiger partial charge in [-0.15, -0.1) is 11.3 Å². The molecule has 15 nitrogen and oxygen atoms in total. The Kier molecular flexibility index (Phi) is 16.9. The molecule has 4 aliphatic rings. The van der Waals surface area contributed by atoms with Crippen LogP contribution in [0, 0.1) is 19.7 Å². The third-order valence-electron chi connectivity index (χ3n) is 13.7. The number of hydrogen-bond donors (Lipinski definition) is 0. The first-order valence-electron chi connectivity index (χ1n) is 25.9. The normalized spacial score (nSPS) is 18.4. The molecular weight excluding hydrogens is 1060 g/mol. The van der Waals surface area contributed by atoms with E-state index in [1.54, 1.807) is 46.1 Å². The molecule has 3 atom stereocenters. The van der Waals surface area contributed by atoms with Gasteiger partial charge >= 0.3 is 5.97 Å². The predicted octanol–water partition coefficient (Wildman–Crippen LogP) is 11.3. The molecule has 78 heavy (non-hydrogen) atoms. The number of benzene rings is 4. The molecule has 0 amide bonds. The minimum Gasteiger partial charge on any atom is -0.496 e. The molecule has 0 N–H and O–H groups in total. The summed E-state index contributed by atoms with van der Waals surface area (Å²) < 4.78 is 71.8. The Hall–Kier alpha value is -6.31. The molecule has 11 rings (SSSR count). The van der Waals surface area contributed by atoms with Crippen molar-refractivity contribution in [2.45, 2.75) is 71.6 Å². The smallest absolute Gasteiger partial charge is 0.348 e. The van der Waals surface area contributed by atoms with Crippen LogP contribution in [0.5, 0.6) is 34.6 Å². The van der Waals surface area contributed by atoms with Crippen LogP contribution in [0.25, 0.3) is 43.0 Å². The molecule has 410 valence electrons. The molecule has 0 radical (unpaired) electrons. The minimum absolute atomic E-state index is 0.0547. The van der Waals surface area contributed by atoms with E-state index in [-0.39, 0.29) is 38.2 Å². The highest BCUT2D eigenvalue weighted by atomic mass is 35.5. The highest BCUT2D eigenvalue weighted by Gasteiger charge is 2.34. The van der Waals surface area contributed by atoms with Crippen LogP contribution in [-0.4, -0.2) is 135 Å². The second kappa shape index (κ2) is 24.0. The van der Waals surface area contributed by atoms with E-state index in [0.29, 0.717) is 120 Å². The molecule has 0 spiro atoms. The number of para-hydroxylation sites is 1. The van der Waals surface area contributed by atoms with E-state index in [1.165, 1.54) is 29.8 Å². The Morgan fingerprint density at radius 1 is 0.846 bits per heavy atom. The lowest BCUT2D eigenvalue weighted by Crippen LogP contribution is -2.49. The van der Waals surface area contributed by atoms with Crippen molar-refractivity contribution >= 4 is 50.7 Å². The van der Waals surface area contributed by atoms with Crippen molar-refractivity contribution in [3.8, 4) is 67.5 Å². The molecular formula is C59H62Cl2FN5O10S. The Bertz CT molecular complexity index is 3260. The van der Waals surface area contributed by atoms with Crippen LogP contribution < -0.4 is 28.4 Å². The summed E-state index contributed by atoms with van der Waals surface area (Å²) in [4.78, 5) is 35.3. The van der Waals surface area contributed by atoms with Gasteiger partial charge in [-0.2, -0.15) is 0 Å². The van der Waals surface area contributed by atoms with Gasteiger partial charge in [0.15, 0.2) is 5.75 Å². The van der Waals surface area contributed by atoms with Gasteiger partial charge in [-0.25, -0.2) is 24.1 Å². The first-order valence-corrected chi connectivity index (χ1v) is 27.5. The average molecular weight is 1120 g/mol. The predicted molar refractivity (Wildman–Crippen MR) is 299 cm³/mol. The third-order valence-corrected chi connectivity index (χ3v) is 15.8. The number of aromatic nitrogens is 3. The van der Waals surface area contributed by atoms with Crippen LogP contribution in [0.1, 0.15) is 43.2 Å². The van der Waals surface area contributed by atoms with Crippen molar-refractivity contribution in [2.75, 3.05) is 79.9 Å². The Morgan fingerprint density at radius 3 is 2.33 bits per heavy atom. The van der Waals surface area contributed by atoms with Crippen LogP contribution in [0.15, 0.2) is 85.2 Å². The topological polar surface area (TPSA) is 145 Å². The number of pyridine rings is 1. The summed E-state index contributed by atoms with van der Waals surface area (Å²) >= 11 is 16.3. The van der Waals surface area contributed by atoms with E-state index < -0.39 is 29.6 Å². The number of nitrogens with zero attached hydrogens (tertiary/aromatic N) is 5. The number of likely N-dealkylation sites (N-methyl/N-ethyl adjacent to an activating group) is 1. The second-order valence-electron chi connectivity index (χ2n) is 20.5. The van der Waals surface area contributed by atoms with Crippen molar-refractivity contribution < 1.29 is 51.8 Å². The third kappa shape index (κ3) is 12.4. The lowest BCUT2D eigenvalue weighted by molar-refractivity contribution is -0.163. The molecule has 4 bridgehead atoms. The summed E-state index contributed by atoms with van der Waals surface area (Å²) in [5, 5.41) is 1.10. The quantitative estimate of drug-likeness (QED) is 0.107. The van der Waals surface area contributed by atoms with Crippen molar-refractivity contribution in [3.63, 3.8) is 0 Å². The highest BCUT2D eigenvalue weighted by molar-refractivity contribution is 7.22. The van der Waals surface area contributed by atoms with Gasteiger partial charge in [0.1, 0.15) is 83.3 Å². The molecule has 0 aliphatic carbocycles. The summed E-state index contributed by atoms with van der Waals surface area (Å²) in [5.74, 6) is 1.39. The van der Waals surface area contributed by atoms with Crippen molar-refractivity contribution in [1.82, 2.24) is 24.8 Å². The number of piperazine rings is 1. The Balaban J connectivity index is 1.11. The number of fused-ring (bicyclic) bond motifs is 7. The summed E-state index contributed by atoms with van der Waals surface area (Å²) in [7, 11) is 3.73. The largest absolute Gasteiger partial charge is 0.496 e. The first-order chi connectivity index (χ1) is 37.6. The van der Waals surface area contributed by atoms with E-state index in [9.17, 15) is 9.18 Å². The van der Waals surface area contributed by atoms with Gasteiger partial charge in [0.05, 0.1) is 48.1 Å². The van der Waals surface area contributed by atoms with E-state index in [1.807, 2.05) is 62.4 Å². The van der Waals surface area contributed by atoms with Crippen LogP contribution in [-0.2, 0) is 32.0 Å². The zero-order valence-corrected chi connectivity index (χ0v) is 47.0. The van der Waals surface area contributed by atoms with Crippen LogP contribution in [0.3, 0.4) is 0 Å². The van der Waals surface area contributed by atoms with Gasteiger partial charge in [-0.1, -0.05) is 47.5 Å². The van der Waals surface area contributed by atoms with Crippen molar-refractivity contribution in [1.29, 1.82) is 0 Å². The SMILES string of the molecule is COc1ccccc1-c1ccc(OC[C@@H]2COCCO2)c(COc2ccc3cc2C[C@H](C(=O)OC(C)(C)C)Oc2ncnc4sc(-c5ccc(F)cc5)c(c24)-c2c(C)c(Cl)c(c(Cl)c2C)O[C@H](CN2CCN(C)CC2)CO3)n1. The summed E-state index contributed by atoms with van der Waals surface area (Å²) in [5.41, 5.74) is 4.92. The van der Waals surface area contributed by atoms with E-state index in [2.05, 4.69) is 16.8 Å². The number of hydrogen-bond acceptors (Lipinski definition) is 16. The van der Waals surface area contributed by atoms with Gasteiger partial charge in [0.25, 0.3) is 0 Å². The molecule has 0 unspecified atom stereocenters. The van der Waals surface area contributed by atoms with Gasteiger partial charge in [0.2, 0.25) is 12.0 Å². The number of ether oxygens (including phenoxy) is 9. The maximum atomic E-state index is 14.8. The number of carbonyl (C=O) groups is 1. The highest BCUT2D eigenvalue weighted by Crippen LogP contribution is 2.53. The zero-order chi connectivity index (χ0) is 54.7. The maximum absolute atomic E-state index is 14.8. The molecule has 2 fully saturated rings. The minimum atomic E-state index is -1.31. The molecule has 0 saturated carbocycles. The van der Waals surface area contributed by atoms with Crippen LogP contribution >= 0.6 is 34.5 Å². The maximum Gasteiger partial charge on any atom is 0.348 e. The molecule has 2 saturated heterocycles. The number of thiophene rings is 1. The lowest BCUT2D eigenvalue weighted by Gasteiger charge is -2.35. The average Bonchev–Trinajstić information content (AvgIpc) is 4.08. The Labute approximate surface area is 467 Å². The molecule has 4 aromatic carbocycles. The Morgan fingerprint density at radius 2 is 1.60 bits per heavy atom. The number of halogens is 3. The fourth-order valence-corrected chi connectivity index (χ4v) is 11.4. The fourth-order valence-electron chi connectivity index (χ4n) is 9.77. The number of esters is 1. The summed E-state index contributed by atoms with van der Waals surface area (Å²) in [6, 6.07) is 23.0. The fraction of sp³-hybridized carbons (Fsp3) is 0.390. The molecule has 3 aromatic heterocycles. The molecule has 19 heteroatoms. The van der Waals surface area contributed by atoms with Gasteiger partial charge in [-0.05, 0) is 119 Å². The second-order valence-corrected chi connectivity index (χ2v) is 22.3. The standard InChI is InChI=1S/C59H62Cl2FN5O10S/c1-34-49-35(2)53(61)54(52(34)60)75-40(28-67-22-20-66(6)21-23-67)30-72-39-16-18-45(74-32-44-47(73-31-41-29-70-24-25-71-41)19-17-43(65-44)42-10-8-9-11-46(42)69-7)37(26-39)27-48(58(68)77-59(3,4)5)76-56-51-50(49)55(78-57(51)64-33-63-56)36-12-14-38(62)15-13-36/h8-19,26,33,40-41,48H,20-25,27-32H2,1-7H3/t40-,41+,48-/m1/s1. The van der Waals surface area contributed by atoms with E-state index in [4.69, 9.17) is 80.8 Å². The van der Waals surface area contributed by atoms with Crippen molar-refractivity contribution in [3.05, 3.63) is 123 Å². The van der Waals surface area contributed by atoms with Crippen LogP contribution in [0.4, 0.5) is 4.39 Å². The zero-order valence-electron chi connectivity index (χ0n) is 44.7. The summed E-state index contributed by atoms with van der Waals surface area (Å²) in [6.45, 7) is 14.8. The van der Waals surface area contributed by atoms with Gasteiger partial charge in [0, 0.05) is 60.7 Å². The lowest BCUT2D eigenvalue weighted by atomic mass is 9.92. The molecule has 4 aliphatic heterocycles. The van der Waals surface area contributed by atoms with E-state index in [0.717, 1.165) is 36.6 Å². The number of rotatable bonds is 12. The number of methoxy groups -OCH3 is 1. The summed E-state index contributed by atoms with van der Waals surface area (Å²) in [6.07, 6.45) is -0.817. The molecule has 7 heterocycles. The first kappa shape index (κ1) is 55.0. The monoisotopic (exact) mass is 1120 g/mol. The van der Waals surface area contributed by atoms with Crippen molar-refractivity contribution in [2.24, 2.45) is 0 Å².